The molecule has 0 spiro atoms. The molecule has 0 aliphatic carbocycles. The number of fused-ring (bicyclic) bond motifs is 1. The molecule has 0 saturated carbocycles. The van der Waals surface area contributed by atoms with Gasteiger partial charge in [0.15, 0.2) is 9.84 Å². The first-order chi connectivity index (χ1) is 12.2. The van der Waals surface area contributed by atoms with Crippen LogP contribution in [0.25, 0.3) is 10.9 Å². The van der Waals surface area contributed by atoms with Crippen molar-refractivity contribution in [1.29, 1.82) is 0 Å². The molecule has 142 valence electrons. The highest BCUT2D eigenvalue weighted by Gasteiger charge is 2.27. The molecule has 0 aliphatic rings. The van der Waals surface area contributed by atoms with E-state index in [1.54, 1.807) is 20.8 Å². The highest BCUT2D eigenvalue weighted by atomic mass is 32.2. The van der Waals surface area contributed by atoms with E-state index >= 15 is 0 Å². The highest BCUT2D eigenvalue weighted by Crippen LogP contribution is 2.18. The van der Waals surface area contributed by atoms with Gasteiger partial charge in [0, 0.05) is 23.9 Å². The van der Waals surface area contributed by atoms with E-state index in [1.807, 2.05) is 36.4 Å². The molecule has 1 aromatic carbocycles. The minimum atomic E-state index is -3.06. The van der Waals surface area contributed by atoms with Crippen LogP contribution in [0.15, 0.2) is 36.4 Å². The van der Waals surface area contributed by atoms with Crippen LogP contribution >= 0.6 is 0 Å². The molecule has 2 aromatic rings. The van der Waals surface area contributed by atoms with Crippen LogP contribution in [0.2, 0.25) is 0 Å². The number of Topliss-reactive ketones (excluding diaryl/α,β-unsaturated/α-hetero) is 1. The van der Waals surface area contributed by atoms with Crippen LogP contribution in [0.1, 0.15) is 58.6 Å². The molecule has 0 amide bonds. The summed E-state index contributed by atoms with van der Waals surface area (Å²) >= 11 is 0. The van der Waals surface area contributed by atoms with Gasteiger partial charge < -0.3 is 0 Å². The Morgan fingerprint density at radius 3 is 2.42 bits per heavy atom. The van der Waals surface area contributed by atoms with Crippen molar-refractivity contribution in [3.8, 4) is 0 Å². The molecule has 0 atom stereocenters. The molecule has 0 N–H and O–H groups in total. The summed E-state index contributed by atoms with van der Waals surface area (Å²) in [5, 5.41) is 1.10. The fraction of sp³-hybridized carbons (Fsp3) is 0.524. The van der Waals surface area contributed by atoms with Crippen molar-refractivity contribution in [3.63, 3.8) is 0 Å². The van der Waals surface area contributed by atoms with E-state index in [2.05, 4.69) is 4.98 Å². The van der Waals surface area contributed by atoms with Crippen LogP contribution in [0.5, 0.6) is 0 Å². The minimum absolute atomic E-state index is 0.200. The van der Waals surface area contributed by atoms with Crippen molar-refractivity contribution in [2.45, 2.75) is 64.0 Å². The van der Waals surface area contributed by atoms with Gasteiger partial charge in [0.05, 0.1) is 16.0 Å². The van der Waals surface area contributed by atoms with Gasteiger partial charge in [-0.15, -0.1) is 0 Å². The maximum Gasteiger partial charge on any atom is 0.155 e. The molecule has 4 nitrogen and oxygen atoms in total. The Morgan fingerprint density at radius 2 is 1.69 bits per heavy atom. The average molecular weight is 376 g/mol. The first kappa shape index (κ1) is 20.6. The van der Waals surface area contributed by atoms with E-state index in [-0.39, 0.29) is 11.5 Å². The van der Waals surface area contributed by atoms with E-state index in [9.17, 15) is 13.2 Å². The number of ketones is 1. The van der Waals surface area contributed by atoms with Gasteiger partial charge in [0.25, 0.3) is 0 Å². The number of pyridine rings is 1. The minimum Gasteiger partial charge on any atom is -0.300 e. The van der Waals surface area contributed by atoms with Crippen molar-refractivity contribution in [2.24, 2.45) is 0 Å². The SMILES string of the molecule is CC(C)(C)S(=O)(=O)CCCCCC(=O)CCc1ccc2ccccc2n1. The summed E-state index contributed by atoms with van der Waals surface area (Å²) in [5.74, 6) is 0.421. The van der Waals surface area contributed by atoms with Crippen LogP contribution in [0.4, 0.5) is 0 Å². The van der Waals surface area contributed by atoms with E-state index in [0.717, 1.165) is 29.4 Å². The predicted octanol–water partition coefficient (Wildman–Crippen LogP) is 4.51. The summed E-state index contributed by atoms with van der Waals surface area (Å²) in [4.78, 5) is 16.6. The van der Waals surface area contributed by atoms with Crippen LogP contribution in [-0.2, 0) is 21.1 Å². The number of benzene rings is 1. The van der Waals surface area contributed by atoms with E-state index in [0.29, 0.717) is 25.7 Å². The Kier molecular flexibility index (Phi) is 6.93. The summed E-state index contributed by atoms with van der Waals surface area (Å²) in [6, 6.07) is 12.0. The van der Waals surface area contributed by atoms with Gasteiger partial charge in [0.1, 0.15) is 5.78 Å². The summed E-state index contributed by atoms with van der Waals surface area (Å²) < 4.78 is 23.4. The summed E-state index contributed by atoms with van der Waals surface area (Å²) in [6.07, 6.45) is 3.81. The zero-order valence-electron chi connectivity index (χ0n) is 16.0. The van der Waals surface area contributed by atoms with Gasteiger partial charge in [0.2, 0.25) is 0 Å². The number of para-hydroxylation sites is 1. The molecule has 0 radical (unpaired) electrons. The average Bonchev–Trinajstić information content (AvgIpc) is 2.58. The first-order valence-electron chi connectivity index (χ1n) is 9.28. The number of rotatable bonds is 9. The van der Waals surface area contributed by atoms with Gasteiger partial charge in [-0.2, -0.15) is 0 Å². The number of sulfone groups is 1. The lowest BCUT2D eigenvalue weighted by atomic mass is 10.1. The molecule has 0 unspecified atom stereocenters. The molecule has 1 aromatic heterocycles. The normalized spacial score (nSPS) is 12.4. The van der Waals surface area contributed by atoms with E-state index in [1.165, 1.54) is 0 Å². The molecule has 2 rings (SSSR count). The number of aryl methyl sites for hydroxylation is 1. The monoisotopic (exact) mass is 375 g/mol. The van der Waals surface area contributed by atoms with Gasteiger partial charge in [-0.05, 0) is 52.2 Å². The van der Waals surface area contributed by atoms with Crippen molar-refractivity contribution in [3.05, 3.63) is 42.1 Å². The number of hydrogen-bond donors (Lipinski definition) is 0. The quantitative estimate of drug-likeness (QED) is 0.605. The third kappa shape index (κ3) is 5.90. The third-order valence-corrected chi connectivity index (χ3v) is 7.31. The van der Waals surface area contributed by atoms with Crippen LogP contribution in [0, 0.1) is 0 Å². The second-order valence-corrected chi connectivity index (χ2v) is 10.6. The fourth-order valence-corrected chi connectivity index (χ4v) is 3.93. The first-order valence-corrected chi connectivity index (χ1v) is 10.9. The summed E-state index contributed by atoms with van der Waals surface area (Å²) in [6.45, 7) is 5.19. The van der Waals surface area contributed by atoms with E-state index < -0.39 is 14.6 Å². The summed E-state index contributed by atoms with van der Waals surface area (Å²) in [7, 11) is -3.06. The number of hydrogen-bond acceptors (Lipinski definition) is 4. The van der Waals surface area contributed by atoms with E-state index in [4.69, 9.17) is 0 Å². The Hall–Kier alpha value is -1.75. The zero-order chi connectivity index (χ0) is 19.2. The molecule has 5 heteroatoms. The maximum atomic E-state index is 12.1. The lowest BCUT2D eigenvalue weighted by Gasteiger charge is -2.18. The number of carbonyl (C=O) groups excluding carboxylic acids is 1. The van der Waals surface area contributed by atoms with Crippen molar-refractivity contribution in [2.75, 3.05) is 5.75 Å². The van der Waals surface area contributed by atoms with Crippen LogP contribution in [0.3, 0.4) is 0 Å². The van der Waals surface area contributed by atoms with Gasteiger partial charge in [-0.1, -0.05) is 30.7 Å². The molecule has 1 heterocycles. The largest absolute Gasteiger partial charge is 0.300 e. The lowest BCUT2D eigenvalue weighted by Crippen LogP contribution is -2.30. The Labute approximate surface area is 156 Å². The van der Waals surface area contributed by atoms with Gasteiger partial charge in [-0.25, -0.2) is 8.42 Å². The third-order valence-electron chi connectivity index (χ3n) is 4.62. The number of carbonyl (C=O) groups is 1. The lowest BCUT2D eigenvalue weighted by molar-refractivity contribution is -0.119. The Balaban J connectivity index is 1.69. The second kappa shape index (κ2) is 8.76. The van der Waals surface area contributed by atoms with Crippen molar-refractivity contribution >= 4 is 26.5 Å². The standard InChI is InChI=1S/C21H29NO3S/c1-21(2,3)26(24,25)16-8-4-5-10-19(23)15-14-18-13-12-17-9-6-7-11-20(17)22-18/h6-7,9,11-13H,4-5,8,10,14-16H2,1-3H3. The molecule has 0 aliphatic heterocycles. The Morgan fingerprint density at radius 1 is 0.962 bits per heavy atom. The second-order valence-electron chi connectivity index (χ2n) is 7.78. The van der Waals surface area contributed by atoms with Gasteiger partial charge >= 0.3 is 0 Å². The molecule has 26 heavy (non-hydrogen) atoms. The van der Waals surface area contributed by atoms with Gasteiger partial charge in [-0.3, -0.25) is 9.78 Å². The predicted molar refractivity (Wildman–Crippen MR) is 107 cm³/mol. The molecular formula is C21H29NO3S. The topological polar surface area (TPSA) is 64.1 Å². The highest BCUT2D eigenvalue weighted by molar-refractivity contribution is 7.92. The van der Waals surface area contributed by atoms with Crippen LogP contribution in [-0.4, -0.2) is 29.7 Å². The van der Waals surface area contributed by atoms with Crippen LogP contribution < -0.4 is 0 Å². The smallest absolute Gasteiger partial charge is 0.155 e. The number of unbranched alkanes of at least 4 members (excludes halogenated alkanes) is 2. The maximum absolute atomic E-state index is 12.1. The molecule has 0 saturated heterocycles. The molecular weight excluding hydrogens is 346 g/mol. The zero-order valence-corrected chi connectivity index (χ0v) is 16.8. The van der Waals surface area contributed by atoms with Crippen molar-refractivity contribution in [1.82, 2.24) is 4.98 Å². The summed E-state index contributed by atoms with van der Waals surface area (Å²) in [5.41, 5.74) is 1.89. The number of aromatic nitrogens is 1. The van der Waals surface area contributed by atoms with Crippen molar-refractivity contribution < 1.29 is 13.2 Å². The molecule has 0 bridgehead atoms. The molecule has 0 fully saturated rings. The Bertz CT molecular complexity index is 851. The number of nitrogens with zero attached hydrogens (tertiary/aromatic N) is 1. The fourth-order valence-electron chi connectivity index (χ4n) is 2.74.